The molecule has 1 saturated heterocycles. The number of nitrogens with one attached hydrogen (secondary N) is 1. The van der Waals surface area contributed by atoms with E-state index in [4.69, 9.17) is 9.47 Å². The summed E-state index contributed by atoms with van der Waals surface area (Å²) in [7, 11) is 1.35. The first-order valence-electron chi connectivity index (χ1n) is 9.32. The number of methoxy groups -OCH3 is 1. The number of carbonyl (C=O) groups excluding carboxylic acids is 2. The number of ether oxygens (including phenoxy) is 2. The van der Waals surface area contributed by atoms with E-state index in [0.29, 0.717) is 17.1 Å². The number of anilines is 1. The molecule has 0 bridgehead atoms. The fourth-order valence-electron chi connectivity index (χ4n) is 3.32. The molecule has 3 rings (SSSR count). The molecule has 1 aliphatic rings. The normalized spacial score (nSPS) is 16.5. The Hall–Kier alpha value is -1.74. The SMILES string of the molecule is COC(=O)c1c(NC(=O)CN(Cc2cccs2)C[C@H]2CCCO2)sc(C)c1C. The Bertz CT molecular complexity index is 811. The lowest BCUT2D eigenvalue weighted by Crippen LogP contribution is -2.37. The zero-order chi connectivity index (χ0) is 20.1. The highest BCUT2D eigenvalue weighted by Crippen LogP contribution is 2.33. The largest absolute Gasteiger partial charge is 0.465 e. The second-order valence-electron chi connectivity index (χ2n) is 6.91. The van der Waals surface area contributed by atoms with Crippen molar-refractivity contribution in [1.82, 2.24) is 4.90 Å². The van der Waals surface area contributed by atoms with Gasteiger partial charge in [-0.15, -0.1) is 22.7 Å². The quantitative estimate of drug-likeness (QED) is 0.655. The number of amides is 1. The standard InChI is InChI=1S/C20H26N2O4S2/c1-13-14(2)28-19(18(13)20(24)25-3)21-17(23)12-22(10-15-6-4-8-26-15)11-16-7-5-9-27-16/h5,7,9,15H,4,6,8,10-12H2,1-3H3,(H,21,23)/t15-/m1/s1. The van der Waals surface area contributed by atoms with Crippen LogP contribution in [0.25, 0.3) is 0 Å². The Morgan fingerprint density at radius 3 is 2.86 bits per heavy atom. The van der Waals surface area contributed by atoms with Gasteiger partial charge in [0.05, 0.1) is 25.3 Å². The van der Waals surface area contributed by atoms with E-state index in [2.05, 4.69) is 16.3 Å². The number of hydrogen-bond acceptors (Lipinski definition) is 7. The summed E-state index contributed by atoms with van der Waals surface area (Å²) in [6.45, 7) is 6.26. The number of thiophene rings is 2. The van der Waals surface area contributed by atoms with E-state index in [0.717, 1.165) is 36.4 Å². The van der Waals surface area contributed by atoms with Crippen LogP contribution in [0.5, 0.6) is 0 Å². The minimum atomic E-state index is -0.424. The van der Waals surface area contributed by atoms with Crippen LogP contribution in [-0.2, 0) is 20.8 Å². The molecule has 1 aliphatic heterocycles. The fourth-order valence-corrected chi connectivity index (χ4v) is 5.13. The first-order chi connectivity index (χ1) is 13.5. The molecular weight excluding hydrogens is 396 g/mol. The van der Waals surface area contributed by atoms with Gasteiger partial charge in [-0.25, -0.2) is 4.79 Å². The van der Waals surface area contributed by atoms with Gasteiger partial charge in [-0.3, -0.25) is 9.69 Å². The highest BCUT2D eigenvalue weighted by molar-refractivity contribution is 7.16. The third-order valence-corrected chi connectivity index (χ3v) is 6.82. The van der Waals surface area contributed by atoms with Gasteiger partial charge >= 0.3 is 5.97 Å². The van der Waals surface area contributed by atoms with E-state index >= 15 is 0 Å². The van der Waals surface area contributed by atoms with Gasteiger partial charge in [-0.05, 0) is 43.7 Å². The highest BCUT2D eigenvalue weighted by atomic mass is 32.1. The minimum Gasteiger partial charge on any atom is -0.465 e. The van der Waals surface area contributed by atoms with Gasteiger partial charge in [0.25, 0.3) is 0 Å². The Morgan fingerprint density at radius 1 is 1.39 bits per heavy atom. The lowest BCUT2D eigenvalue weighted by molar-refractivity contribution is -0.117. The van der Waals surface area contributed by atoms with Crippen LogP contribution in [0.15, 0.2) is 17.5 Å². The van der Waals surface area contributed by atoms with Crippen LogP contribution >= 0.6 is 22.7 Å². The number of nitrogens with zero attached hydrogens (tertiary/aromatic N) is 1. The smallest absolute Gasteiger partial charge is 0.341 e. The summed E-state index contributed by atoms with van der Waals surface area (Å²) in [5.74, 6) is -0.562. The van der Waals surface area contributed by atoms with Gasteiger partial charge in [0.15, 0.2) is 0 Å². The van der Waals surface area contributed by atoms with E-state index < -0.39 is 5.97 Å². The third-order valence-electron chi connectivity index (χ3n) is 4.84. The summed E-state index contributed by atoms with van der Waals surface area (Å²) >= 11 is 3.09. The topological polar surface area (TPSA) is 67.9 Å². The second-order valence-corrected chi connectivity index (χ2v) is 9.17. The molecule has 2 aromatic heterocycles. The summed E-state index contributed by atoms with van der Waals surface area (Å²) in [4.78, 5) is 29.2. The van der Waals surface area contributed by atoms with Crippen LogP contribution in [0.3, 0.4) is 0 Å². The van der Waals surface area contributed by atoms with Crippen LogP contribution in [0.2, 0.25) is 0 Å². The van der Waals surface area contributed by atoms with Gasteiger partial charge in [-0.2, -0.15) is 0 Å². The molecule has 28 heavy (non-hydrogen) atoms. The van der Waals surface area contributed by atoms with Gasteiger partial charge < -0.3 is 14.8 Å². The molecule has 1 N–H and O–H groups in total. The predicted octanol–water partition coefficient (Wildman–Crippen LogP) is 3.83. The zero-order valence-corrected chi connectivity index (χ0v) is 18.1. The maximum Gasteiger partial charge on any atom is 0.341 e. The molecule has 1 fully saturated rings. The molecule has 2 aromatic rings. The molecule has 0 spiro atoms. The Morgan fingerprint density at radius 2 is 2.21 bits per heavy atom. The average molecular weight is 423 g/mol. The average Bonchev–Trinajstić information content (AvgIpc) is 3.39. The molecule has 6 nitrogen and oxygen atoms in total. The van der Waals surface area contributed by atoms with Crippen LogP contribution in [0.4, 0.5) is 5.00 Å². The first kappa shape index (κ1) is 21.0. The maximum atomic E-state index is 12.8. The molecule has 3 heterocycles. The summed E-state index contributed by atoms with van der Waals surface area (Å²) in [6.07, 6.45) is 2.27. The Labute approximate surface area is 173 Å². The van der Waals surface area contributed by atoms with Crippen LogP contribution in [0.1, 0.15) is 38.5 Å². The van der Waals surface area contributed by atoms with Crippen molar-refractivity contribution in [2.45, 2.75) is 39.3 Å². The molecule has 0 radical (unpaired) electrons. The van der Waals surface area contributed by atoms with E-state index in [1.165, 1.54) is 23.3 Å². The van der Waals surface area contributed by atoms with Crippen molar-refractivity contribution in [2.75, 3.05) is 32.1 Å². The van der Waals surface area contributed by atoms with Crippen molar-refractivity contribution < 1.29 is 19.1 Å². The summed E-state index contributed by atoms with van der Waals surface area (Å²) in [6, 6.07) is 4.09. The van der Waals surface area contributed by atoms with Gasteiger partial charge in [0.2, 0.25) is 5.91 Å². The fraction of sp³-hybridized carbons (Fsp3) is 0.500. The van der Waals surface area contributed by atoms with Crippen LogP contribution in [0, 0.1) is 13.8 Å². The molecule has 1 amide bonds. The van der Waals surface area contributed by atoms with Crippen molar-refractivity contribution in [1.29, 1.82) is 0 Å². The summed E-state index contributed by atoms with van der Waals surface area (Å²) in [5, 5.41) is 5.52. The van der Waals surface area contributed by atoms with E-state index in [1.807, 2.05) is 25.3 Å². The van der Waals surface area contributed by atoms with Crippen molar-refractivity contribution in [3.8, 4) is 0 Å². The van der Waals surface area contributed by atoms with E-state index in [1.54, 1.807) is 11.3 Å². The Kier molecular flexibility index (Phi) is 7.23. The molecule has 0 unspecified atom stereocenters. The summed E-state index contributed by atoms with van der Waals surface area (Å²) in [5.41, 5.74) is 1.30. The molecule has 0 aromatic carbocycles. The van der Waals surface area contributed by atoms with Crippen molar-refractivity contribution in [2.24, 2.45) is 0 Å². The molecular formula is C20H26N2O4S2. The number of aryl methyl sites for hydroxylation is 1. The Balaban J connectivity index is 1.69. The lowest BCUT2D eigenvalue weighted by atomic mass is 10.1. The first-order valence-corrected chi connectivity index (χ1v) is 11.0. The van der Waals surface area contributed by atoms with E-state index in [9.17, 15) is 9.59 Å². The number of hydrogen-bond donors (Lipinski definition) is 1. The van der Waals surface area contributed by atoms with Crippen LogP contribution in [-0.4, -0.2) is 49.7 Å². The predicted molar refractivity (Wildman–Crippen MR) is 112 cm³/mol. The molecule has 1 atom stereocenters. The molecule has 8 heteroatoms. The van der Waals surface area contributed by atoms with Gasteiger partial charge in [-0.1, -0.05) is 6.07 Å². The maximum absolute atomic E-state index is 12.8. The van der Waals surface area contributed by atoms with Crippen molar-refractivity contribution >= 4 is 39.6 Å². The van der Waals surface area contributed by atoms with Crippen molar-refractivity contribution in [3.05, 3.63) is 38.4 Å². The van der Waals surface area contributed by atoms with E-state index in [-0.39, 0.29) is 18.6 Å². The van der Waals surface area contributed by atoms with Gasteiger partial charge in [0.1, 0.15) is 5.00 Å². The third kappa shape index (κ3) is 5.20. The minimum absolute atomic E-state index is 0.138. The molecule has 0 saturated carbocycles. The second kappa shape index (κ2) is 9.65. The molecule has 0 aliphatic carbocycles. The van der Waals surface area contributed by atoms with Crippen molar-refractivity contribution in [3.63, 3.8) is 0 Å². The number of carbonyl (C=O) groups is 2. The monoisotopic (exact) mass is 422 g/mol. The van der Waals surface area contributed by atoms with Crippen LogP contribution < -0.4 is 5.32 Å². The number of rotatable bonds is 8. The highest BCUT2D eigenvalue weighted by Gasteiger charge is 2.24. The zero-order valence-electron chi connectivity index (χ0n) is 16.4. The molecule has 152 valence electrons. The number of esters is 1. The lowest BCUT2D eigenvalue weighted by Gasteiger charge is -2.24. The van der Waals surface area contributed by atoms with Gasteiger partial charge in [0, 0.05) is 29.5 Å². The summed E-state index contributed by atoms with van der Waals surface area (Å²) < 4.78 is 10.6.